The van der Waals surface area contributed by atoms with Crippen LogP contribution in [0.25, 0.3) is 0 Å². The van der Waals surface area contributed by atoms with E-state index in [1.165, 1.54) is 32.7 Å². The van der Waals surface area contributed by atoms with Crippen LogP contribution in [0.2, 0.25) is 0 Å². The van der Waals surface area contributed by atoms with Crippen molar-refractivity contribution < 1.29 is 14.2 Å². The lowest BCUT2D eigenvalue weighted by molar-refractivity contribution is 0.102. The summed E-state index contributed by atoms with van der Waals surface area (Å²) >= 11 is 0. The first-order valence-corrected chi connectivity index (χ1v) is 6.62. The van der Waals surface area contributed by atoms with Crippen molar-refractivity contribution >= 4 is 0 Å². The van der Waals surface area contributed by atoms with Gasteiger partial charge < -0.3 is 30.6 Å². The quantitative estimate of drug-likeness (QED) is 0.671. The lowest BCUT2D eigenvalue weighted by atomic mass is 10.4. The summed E-state index contributed by atoms with van der Waals surface area (Å²) in [5.41, 5.74) is 0. The monoisotopic (exact) mass is 261 g/mol. The highest BCUT2D eigenvalue weighted by atomic mass is 16.6. The second kappa shape index (κ2) is 8.79. The van der Waals surface area contributed by atoms with Crippen LogP contribution in [0, 0.1) is 0 Å². The van der Waals surface area contributed by atoms with Gasteiger partial charge in [-0.1, -0.05) is 6.92 Å². The van der Waals surface area contributed by atoms with Gasteiger partial charge in [0.2, 0.25) is 0 Å². The second-order valence-electron chi connectivity index (χ2n) is 4.63. The molecule has 3 rings (SSSR count). The number of piperazine rings is 1. The highest BCUT2D eigenvalue weighted by molar-refractivity contribution is 4.71. The summed E-state index contributed by atoms with van der Waals surface area (Å²) in [4.78, 5) is 2.45. The Balaban J connectivity index is 0.000000172. The molecule has 0 aromatic heterocycles. The van der Waals surface area contributed by atoms with Gasteiger partial charge in [-0.3, -0.25) is 0 Å². The number of epoxide rings is 2. The number of rotatable bonds is 5. The molecule has 0 aliphatic carbocycles. The topological polar surface area (TPSA) is 84.6 Å². The van der Waals surface area contributed by atoms with Crippen molar-refractivity contribution in [3.8, 4) is 0 Å². The zero-order valence-corrected chi connectivity index (χ0v) is 11.4. The SMILES string of the molecule is C(OCC1CO1)C1CO1.CCN1CCNCC1.N. The highest BCUT2D eigenvalue weighted by Gasteiger charge is 2.26. The second-order valence-corrected chi connectivity index (χ2v) is 4.63. The maximum absolute atomic E-state index is 5.23. The first-order valence-electron chi connectivity index (χ1n) is 6.62. The minimum atomic E-state index is 0. The van der Waals surface area contributed by atoms with Gasteiger partial charge in [-0.05, 0) is 6.54 Å². The Morgan fingerprint density at radius 3 is 1.94 bits per heavy atom. The van der Waals surface area contributed by atoms with Crippen LogP contribution in [0.1, 0.15) is 6.92 Å². The van der Waals surface area contributed by atoms with Crippen LogP contribution in [0.3, 0.4) is 0 Å². The van der Waals surface area contributed by atoms with Crippen LogP contribution in [-0.2, 0) is 14.2 Å². The molecule has 6 nitrogen and oxygen atoms in total. The highest BCUT2D eigenvalue weighted by Crippen LogP contribution is 2.12. The van der Waals surface area contributed by atoms with Crippen molar-refractivity contribution in [2.75, 3.05) is 59.2 Å². The van der Waals surface area contributed by atoms with Crippen LogP contribution in [-0.4, -0.2) is 76.3 Å². The van der Waals surface area contributed by atoms with Crippen molar-refractivity contribution in [3.05, 3.63) is 0 Å². The first kappa shape index (κ1) is 15.8. The molecule has 0 aromatic carbocycles. The summed E-state index contributed by atoms with van der Waals surface area (Å²) in [6.45, 7) is 11.5. The molecule has 108 valence electrons. The Morgan fingerprint density at radius 1 is 1.11 bits per heavy atom. The third-order valence-corrected chi connectivity index (χ3v) is 3.07. The number of nitrogens with one attached hydrogen (secondary N) is 1. The maximum atomic E-state index is 5.23. The predicted molar refractivity (Wildman–Crippen MR) is 70.3 cm³/mol. The molecule has 6 heteroatoms. The van der Waals surface area contributed by atoms with E-state index in [1.807, 2.05) is 0 Å². The molecular weight excluding hydrogens is 234 g/mol. The molecule has 0 aromatic rings. The van der Waals surface area contributed by atoms with Gasteiger partial charge in [-0.25, -0.2) is 0 Å². The molecule has 18 heavy (non-hydrogen) atoms. The molecule has 3 fully saturated rings. The van der Waals surface area contributed by atoms with E-state index in [-0.39, 0.29) is 6.15 Å². The van der Waals surface area contributed by atoms with Gasteiger partial charge in [0.05, 0.1) is 26.4 Å². The summed E-state index contributed by atoms with van der Waals surface area (Å²) in [5.74, 6) is 0. The van der Waals surface area contributed by atoms with Gasteiger partial charge in [0.1, 0.15) is 12.2 Å². The summed E-state index contributed by atoms with van der Waals surface area (Å²) < 4.78 is 15.1. The molecule has 0 amide bonds. The van der Waals surface area contributed by atoms with E-state index in [0.717, 1.165) is 26.4 Å². The number of likely N-dealkylation sites (N-methyl/N-ethyl adjacent to an activating group) is 1. The lowest BCUT2D eigenvalue weighted by Gasteiger charge is -2.25. The molecule has 0 saturated carbocycles. The van der Waals surface area contributed by atoms with Crippen LogP contribution >= 0.6 is 0 Å². The molecule has 2 unspecified atom stereocenters. The largest absolute Gasteiger partial charge is 0.376 e. The van der Waals surface area contributed by atoms with E-state index in [0.29, 0.717) is 12.2 Å². The molecule has 3 heterocycles. The van der Waals surface area contributed by atoms with Gasteiger partial charge in [-0.2, -0.15) is 0 Å². The van der Waals surface area contributed by atoms with E-state index in [1.54, 1.807) is 0 Å². The number of nitrogens with zero attached hydrogens (tertiary/aromatic N) is 1. The van der Waals surface area contributed by atoms with Crippen molar-refractivity contribution in [1.29, 1.82) is 0 Å². The Morgan fingerprint density at radius 2 is 1.61 bits per heavy atom. The van der Waals surface area contributed by atoms with Gasteiger partial charge in [-0.15, -0.1) is 0 Å². The Kier molecular flexibility index (Phi) is 7.73. The first-order chi connectivity index (χ1) is 8.38. The normalized spacial score (nSPS) is 29.8. The molecule has 3 aliphatic rings. The van der Waals surface area contributed by atoms with Crippen molar-refractivity contribution in [2.45, 2.75) is 19.1 Å². The third-order valence-electron chi connectivity index (χ3n) is 3.07. The van der Waals surface area contributed by atoms with E-state index in [4.69, 9.17) is 14.2 Å². The smallest absolute Gasteiger partial charge is 0.104 e. The Hall–Kier alpha value is -0.240. The number of ether oxygens (including phenoxy) is 3. The summed E-state index contributed by atoms with van der Waals surface area (Å²) in [5, 5.41) is 3.31. The van der Waals surface area contributed by atoms with E-state index in [2.05, 4.69) is 17.1 Å². The van der Waals surface area contributed by atoms with Crippen LogP contribution in [0.15, 0.2) is 0 Å². The summed E-state index contributed by atoms with van der Waals surface area (Å²) in [6, 6.07) is 0. The van der Waals surface area contributed by atoms with Crippen LogP contribution in [0.4, 0.5) is 0 Å². The Bertz CT molecular complexity index is 193. The van der Waals surface area contributed by atoms with Gasteiger partial charge in [0, 0.05) is 26.2 Å². The summed E-state index contributed by atoms with van der Waals surface area (Å²) in [6.07, 6.45) is 0.785. The van der Waals surface area contributed by atoms with Crippen molar-refractivity contribution in [1.82, 2.24) is 16.4 Å². The molecule has 4 N–H and O–H groups in total. The minimum absolute atomic E-state index is 0. The molecule has 3 aliphatic heterocycles. The number of hydrogen-bond acceptors (Lipinski definition) is 6. The zero-order chi connectivity index (χ0) is 11.9. The fraction of sp³-hybridized carbons (Fsp3) is 1.00. The van der Waals surface area contributed by atoms with Gasteiger partial charge >= 0.3 is 0 Å². The fourth-order valence-corrected chi connectivity index (χ4v) is 1.69. The fourth-order valence-electron chi connectivity index (χ4n) is 1.69. The third kappa shape index (κ3) is 7.25. The zero-order valence-electron chi connectivity index (χ0n) is 11.4. The Labute approximate surface area is 110 Å². The van der Waals surface area contributed by atoms with E-state index < -0.39 is 0 Å². The average Bonchev–Trinajstić information content (AvgIpc) is 3.25. The molecule has 0 bridgehead atoms. The maximum Gasteiger partial charge on any atom is 0.104 e. The molecule has 2 atom stereocenters. The standard InChI is InChI=1S/C6H14N2.C6H10O3.H3N/c1-2-8-5-3-7-4-6-8;1(5-3-8-5)7-2-6-4-9-6;/h7H,2-6H2,1H3;5-6H,1-4H2;1H3. The van der Waals surface area contributed by atoms with Gasteiger partial charge in [0.25, 0.3) is 0 Å². The predicted octanol–water partition coefficient (Wildman–Crippen LogP) is -0.126. The molecule has 0 spiro atoms. The van der Waals surface area contributed by atoms with Crippen LogP contribution < -0.4 is 11.5 Å². The van der Waals surface area contributed by atoms with Gasteiger partial charge in [0.15, 0.2) is 0 Å². The molecule has 0 radical (unpaired) electrons. The lowest BCUT2D eigenvalue weighted by Crippen LogP contribution is -2.43. The van der Waals surface area contributed by atoms with E-state index in [9.17, 15) is 0 Å². The van der Waals surface area contributed by atoms with Crippen LogP contribution in [0.5, 0.6) is 0 Å². The van der Waals surface area contributed by atoms with E-state index >= 15 is 0 Å². The van der Waals surface area contributed by atoms with Crippen molar-refractivity contribution in [2.24, 2.45) is 0 Å². The number of hydrogen-bond donors (Lipinski definition) is 2. The van der Waals surface area contributed by atoms with Crippen molar-refractivity contribution in [3.63, 3.8) is 0 Å². The average molecular weight is 261 g/mol. The molecule has 3 saturated heterocycles. The summed E-state index contributed by atoms with van der Waals surface area (Å²) in [7, 11) is 0. The molecular formula is C12H27N3O3. The minimum Gasteiger partial charge on any atom is -0.376 e.